The molecule has 132 valence electrons. The molecular weight excluding hydrogens is 346 g/mol. The third-order valence-corrected chi connectivity index (χ3v) is 5.29. The van der Waals surface area contributed by atoms with Crippen molar-refractivity contribution in [2.75, 3.05) is 6.54 Å². The van der Waals surface area contributed by atoms with E-state index in [-0.39, 0.29) is 16.0 Å². The lowest BCUT2D eigenvalue weighted by Gasteiger charge is -2.32. The van der Waals surface area contributed by atoms with E-state index in [4.69, 9.17) is 5.14 Å². The minimum Gasteiger partial charge on any atom is -0.480 e. The Bertz CT molecular complexity index is 957. The standard InChI is InChI=1S/C16H17N3O5S/c17-25(23,24)13-6-3-4-11-10(13)7-8-18-14(11)15(20)19-9-2-1-5-12(19)16(21)22/h3-4,6-8,12H,1-2,5,9H2,(H,21,22)(H2,17,23,24). The Balaban J connectivity index is 2.13. The molecule has 0 aliphatic carbocycles. The lowest BCUT2D eigenvalue weighted by Crippen LogP contribution is -2.48. The number of carbonyl (C=O) groups is 2. The maximum absolute atomic E-state index is 12.9. The number of piperidine rings is 1. The number of nitrogens with two attached hydrogens (primary N) is 1. The molecule has 0 saturated carbocycles. The monoisotopic (exact) mass is 363 g/mol. The van der Waals surface area contributed by atoms with Crippen LogP contribution in [0.1, 0.15) is 29.8 Å². The molecule has 8 nitrogen and oxygen atoms in total. The van der Waals surface area contributed by atoms with Gasteiger partial charge in [-0.05, 0) is 31.4 Å². The lowest BCUT2D eigenvalue weighted by atomic mass is 10.0. The van der Waals surface area contributed by atoms with Crippen molar-refractivity contribution < 1.29 is 23.1 Å². The van der Waals surface area contributed by atoms with Crippen LogP contribution in [0.2, 0.25) is 0 Å². The number of fused-ring (bicyclic) bond motifs is 1. The highest BCUT2D eigenvalue weighted by Crippen LogP contribution is 2.26. The molecule has 1 aromatic carbocycles. The summed E-state index contributed by atoms with van der Waals surface area (Å²) in [4.78, 5) is 29.6. The maximum atomic E-state index is 12.9. The van der Waals surface area contributed by atoms with Crippen molar-refractivity contribution in [1.29, 1.82) is 0 Å². The van der Waals surface area contributed by atoms with Crippen molar-refractivity contribution in [2.45, 2.75) is 30.2 Å². The predicted octanol–water partition coefficient (Wildman–Crippen LogP) is 0.961. The molecule has 3 rings (SSSR count). The third-order valence-electron chi connectivity index (χ3n) is 4.32. The van der Waals surface area contributed by atoms with E-state index in [0.717, 1.165) is 6.42 Å². The van der Waals surface area contributed by atoms with Crippen molar-refractivity contribution in [3.63, 3.8) is 0 Å². The second-order valence-electron chi connectivity index (χ2n) is 5.90. The molecule has 1 aliphatic heterocycles. The summed E-state index contributed by atoms with van der Waals surface area (Å²) in [5.74, 6) is -1.58. The number of carbonyl (C=O) groups excluding carboxylic acids is 1. The van der Waals surface area contributed by atoms with Gasteiger partial charge in [-0.2, -0.15) is 0 Å². The number of aliphatic carboxylic acids is 1. The number of hydrogen-bond acceptors (Lipinski definition) is 5. The normalized spacial score (nSPS) is 18.3. The summed E-state index contributed by atoms with van der Waals surface area (Å²) in [6.45, 7) is 0.322. The van der Waals surface area contributed by atoms with E-state index in [1.54, 1.807) is 6.07 Å². The highest BCUT2D eigenvalue weighted by molar-refractivity contribution is 7.89. The molecular formula is C16H17N3O5S. The van der Waals surface area contributed by atoms with E-state index >= 15 is 0 Å². The molecule has 1 unspecified atom stereocenters. The van der Waals surface area contributed by atoms with Crippen LogP contribution in [0.3, 0.4) is 0 Å². The Labute approximate surface area is 144 Å². The Morgan fingerprint density at radius 1 is 1.20 bits per heavy atom. The summed E-state index contributed by atoms with van der Waals surface area (Å²) in [6, 6.07) is 4.97. The first-order chi connectivity index (χ1) is 11.8. The van der Waals surface area contributed by atoms with Gasteiger partial charge < -0.3 is 10.0 Å². The molecule has 0 bridgehead atoms. The predicted molar refractivity (Wildman–Crippen MR) is 89.4 cm³/mol. The van der Waals surface area contributed by atoms with Crippen molar-refractivity contribution in [3.05, 3.63) is 36.2 Å². The molecule has 1 amide bonds. The average Bonchev–Trinajstić information content (AvgIpc) is 2.59. The molecule has 1 fully saturated rings. The van der Waals surface area contributed by atoms with Crippen LogP contribution in [0, 0.1) is 0 Å². The minimum atomic E-state index is -3.97. The van der Waals surface area contributed by atoms with Gasteiger partial charge in [-0.25, -0.2) is 18.4 Å². The van der Waals surface area contributed by atoms with Gasteiger partial charge in [0.1, 0.15) is 11.7 Å². The van der Waals surface area contributed by atoms with Crippen LogP contribution in [0.5, 0.6) is 0 Å². The van der Waals surface area contributed by atoms with E-state index in [1.165, 1.54) is 29.3 Å². The Kier molecular flexibility index (Phi) is 4.44. The fourth-order valence-corrected chi connectivity index (χ4v) is 3.92. The largest absolute Gasteiger partial charge is 0.480 e. The summed E-state index contributed by atoms with van der Waals surface area (Å²) in [6.07, 6.45) is 3.15. The van der Waals surface area contributed by atoms with Crippen LogP contribution in [0.25, 0.3) is 10.8 Å². The number of carboxylic acid groups (broad SMARTS) is 1. The molecule has 3 N–H and O–H groups in total. The number of likely N-dealkylation sites (tertiary alicyclic amines) is 1. The molecule has 1 aromatic heterocycles. The summed E-state index contributed by atoms with van der Waals surface area (Å²) in [5.41, 5.74) is 0.0242. The third kappa shape index (κ3) is 3.20. The molecule has 1 saturated heterocycles. The Morgan fingerprint density at radius 2 is 1.96 bits per heavy atom. The Hall–Kier alpha value is -2.52. The van der Waals surface area contributed by atoms with Crippen molar-refractivity contribution in [1.82, 2.24) is 9.88 Å². The first kappa shape index (κ1) is 17.3. The number of rotatable bonds is 3. The molecule has 9 heteroatoms. The number of benzene rings is 1. The van der Waals surface area contributed by atoms with Crippen LogP contribution in [-0.2, 0) is 14.8 Å². The number of hydrogen-bond donors (Lipinski definition) is 2. The fourth-order valence-electron chi connectivity index (χ4n) is 3.16. The van der Waals surface area contributed by atoms with Crippen molar-refractivity contribution in [3.8, 4) is 0 Å². The average molecular weight is 363 g/mol. The zero-order chi connectivity index (χ0) is 18.2. The summed E-state index contributed by atoms with van der Waals surface area (Å²) < 4.78 is 23.5. The fraction of sp³-hybridized carbons (Fsp3) is 0.312. The van der Waals surface area contributed by atoms with E-state index in [1.807, 2.05) is 0 Å². The van der Waals surface area contributed by atoms with E-state index in [2.05, 4.69) is 4.98 Å². The number of primary sulfonamides is 1. The van der Waals surface area contributed by atoms with Crippen LogP contribution in [0.15, 0.2) is 35.4 Å². The number of amides is 1. The van der Waals surface area contributed by atoms with Crippen LogP contribution < -0.4 is 5.14 Å². The SMILES string of the molecule is NS(=O)(=O)c1cccc2c(C(=O)N3CCCCC3C(=O)O)nccc12. The molecule has 2 aromatic rings. The van der Waals surface area contributed by atoms with Gasteiger partial charge >= 0.3 is 5.97 Å². The van der Waals surface area contributed by atoms with Gasteiger partial charge in [0, 0.05) is 23.5 Å². The van der Waals surface area contributed by atoms with Gasteiger partial charge in [0.2, 0.25) is 10.0 Å². The van der Waals surface area contributed by atoms with Crippen molar-refractivity contribution >= 4 is 32.7 Å². The van der Waals surface area contributed by atoms with Gasteiger partial charge in [0.15, 0.2) is 0 Å². The second kappa shape index (κ2) is 6.41. The minimum absolute atomic E-state index is 0.0242. The Morgan fingerprint density at radius 3 is 2.64 bits per heavy atom. The first-order valence-electron chi connectivity index (χ1n) is 7.75. The number of sulfonamides is 1. The molecule has 1 atom stereocenters. The van der Waals surface area contributed by atoms with Crippen LogP contribution in [-0.4, -0.2) is 47.9 Å². The number of pyridine rings is 1. The zero-order valence-electron chi connectivity index (χ0n) is 13.3. The summed E-state index contributed by atoms with van der Waals surface area (Å²) in [5, 5.41) is 15.2. The molecule has 25 heavy (non-hydrogen) atoms. The highest BCUT2D eigenvalue weighted by atomic mass is 32.2. The molecule has 1 aliphatic rings. The zero-order valence-corrected chi connectivity index (χ0v) is 14.1. The number of aromatic nitrogens is 1. The maximum Gasteiger partial charge on any atom is 0.326 e. The quantitative estimate of drug-likeness (QED) is 0.835. The van der Waals surface area contributed by atoms with Crippen LogP contribution in [0.4, 0.5) is 0 Å². The topological polar surface area (TPSA) is 131 Å². The number of carboxylic acids is 1. The lowest BCUT2D eigenvalue weighted by molar-refractivity contribution is -0.143. The van der Waals surface area contributed by atoms with Gasteiger partial charge in [-0.15, -0.1) is 0 Å². The van der Waals surface area contributed by atoms with Gasteiger partial charge in [0.05, 0.1) is 4.90 Å². The first-order valence-corrected chi connectivity index (χ1v) is 9.29. The molecule has 0 spiro atoms. The molecule has 2 heterocycles. The number of nitrogens with zero attached hydrogens (tertiary/aromatic N) is 2. The smallest absolute Gasteiger partial charge is 0.326 e. The van der Waals surface area contributed by atoms with E-state index in [0.29, 0.717) is 24.8 Å². The highest BCUT2D eigenvalue weighted by Gasteiger charge is 2.33. The van der Waals surface area contributed by atoms with Crippen LogP contribution >= 0.6 is 0 Å². The van der Waals surface area contributed by atoms with E-state index in [9.17, 15) is 23.1 Å². The molecule has 0 radical (unpaired) electrons. The van der Waals surface area contributed by atoms with Gasteiger partial charge in [-0.3, -0.25) is 9.78 Å². The van der Waals surface area contributed by atoms with Gasteiger partial charge in [-0.1, -0.05) is 12.1 Å². The van der Waals surface area contributed by atoms with Crippen molar-refractivity contribution in [2.24, 2.45) is 5.14 Å². The summed E-state index contributed by atoms with van der Waals surface area (Å²) in [7, 11) is -3.97. The van der Waals surface area contributed by atoms with E-state index < -0.39 is 27.9 Å². The van der Waals surface area contributed by atoms with Gasteiger partial charge in [0.25, 0.3) is 5.91 Å². The summed E-state index contributed by atoms with van der Waals surface area (Å²) >= 11 is 0. The second-order valence-corrected chi connectivity index (χ2v) is 7.43.